The van der Waals surface area contributed by atoms with E-state index < -0.39 is 0 Å². The van der Waals surface area contributed by atoms with E-state index in [0.29, 0.717) is 17.3 Å². The third-order valence-corrected chi connectivity index (χ3v) is 5.78. The number of rotatable bonds is 3. The van der Waals surface area contributed by atoms with Crippen LogP contribution in [0.1, 0.15) is 51.2 Å². The molecule has 1 fully saturated rings. The Bertz CT molecular complexity index is 383. The molecular weight excluding hydrogens is 264 g/mol. The van der Waals surface area contributed by atoms with E-state index in [2.05, 4.69) is 31.2 Å². The van der Waals surface area contributed by atoms with E-state index in [1.165, 1.54) is 41.2 Å². The average molecular weight is 293 g/mol. The van der Waals surface area contributed by atoms with Gasteiger partial charge in [0.2, 0.25) is 0 Å². The third-order valence-electron chi connectivity index (χ3n) is 3.30. The maximum Gasteiger partial charge on any atom is 0.133 e. The van der Waals surface area contributed by atoms with Crippen LogP contribution in [0.2, 0.25) is 0 Å². The van der Waals surface area contributed by atoms with Crippen molar-refractivity contribution in [1.82, 2.24) is 0 Å². The molecule has 1 aromatic rings. The van der Waals surface area contributed by atoms with Gasteiger partial charge in [0.1, 0.15) is 23.5 Å². The molecule has 0 aromatic heterocycles. The molecule has 0 radical (unpaired) electrons. The van der Waals surface area contributed by atoms with E-state index in [9.17, 15) is 4.79 Å². The van der Waals surface area contributed by atoms with E-state index in [1.807, 2.05) is 20.8 Å². The number of aldehydes is 1. The third kappa shape index (κ3) is 7.74. The molecule has 112 valence electrons. The van der Waals surface area contributed by atoms with E-state index in [0.717, 1.165) is 6.29 Å². The van der Waals surface area contributed by atoms with E-state index in [1.54, 1.807) is 0 Å². The molecule has 2 rings (SSSR count). The molecule has 0 saturated carbocycles. The van der Waals surface area contributed by atoms with Crippen molar-refractivity contribution in [3.8, 4) is 0 Å². The van der Waals surface area contributed by atoms with Gasteiger partial charge in [-0.25, -0.2) is 0 Å². The maximum atomic E-state index is 9.82. The van der Waals surface area contributed by atoms with E-state index >= 15 is 0 Å². The first-order valence-electron chi connectivity index (χ1n) is 7.54. The van der Waals surface area contributed by atoms with Crippen LogP contribution in [0.25, 0.3) is 0 Å². The fourth-order valence-electron chi connectivity index (χ4n) is 2.03. The molecule has 0 bridgehead atoms. The van der Waals surface area contributed by atoms with Gasteiger partial charge in [0.05, 0.1) is 0 Å². The SMILES string of the molecule is CC(C)(C)CC=O.Cc1ccc(C[S+]2CCCC2)cc1. The largest absolute Gasteiger partial charge is 0.303 e. The van der Waals surface area contributed by atoms with Crippen LogP contribution in [-0.2, 0) is 21.4 Å². The minimum Gasteiger partial charge on any atom is -0.303 e. The zero-order valence-electron chi connectivity index (χ0n) is 13.4. The number of hydrogen-bond acceptors (Lipinski definition) is 1. The maximum absolute atomic E-state index is 9.82. The second-order valence-corrected chi connectivity index (χ2v) is 9.12. The molecular formula is C18H29OS+. The number of hydrogen-bond donors (Lipinski definition) is 0. The van der Waals surface area contributed by atoms with Crippen molar-refractivity contribution < 1.29 is 4.79 Å². The Kier molecular flexibility index (Phi) is 7.36. The number of carbonyl (C=O) groups is 1. The minimum absolute atomic E-state index is 0.182. The molecule has 20 heavy (non-hydrogen) atoms. The number of carbonyl (C=O) groups excluding carboxylic acids is 1. The Hall–Kier alpha value is -0.760. The predicted octanol–water partition coefficient (Wildman–Crippen LogP) is 4.53. The van der Waals surface area contributed by atoms with Crippen molar-refractivity contribution in [2.75, 3.05) is 11.5 Å². The van der Waals surface area contributed by atoms with Gasteiger partial charge >= 0.3 is 0 Å². The van der Waals surface area contributed by atoms with Gasteiger partial charge in [-0.15, -0.1) is 0 Å². The molecule has 0 amide bonds. The molecule has 0 aliphatic carbocycles. The summed E-state index contributed by atoms with van der Waals surface area (Å²) in [5, 5.41) is 0. The lowest BCUT2D eigenvalue weighted by molar-refractivity contribution is -0.109. The lowest BCUT2D eigenvalue weighted by atomic mass is 9.93. The van der Waals surface area contributed by atoms with Gasteiger partial charge in [-0.05, 0) is 36.1 Å². The van der Waals surface area contributed by atoms with Crippen molar-refractivity contribution >= 4 is 17.2 Å². The van der Waals surface area contributed by atoms with Gasteiger partial charge in [-0.3, -0.25) is 0 Å². The van der Waals surface area contributed by atoms with Gasteiger partial charge in [-0.2, -0.15) is 0 Å². The summed E-state index contributed by atoms with van der Waals surface area (Å²) in [5.74, 6) is 4.29. The molecule has 1 aliphatic heterocycles. The number of aryl methyl sites for hydroxylation is 1. The lowest BCUT2D eigenvalue weighted by Crippen LogP contribution is -2.06. The monoisotopic (exact) mass is 293 g/mol. The average Bonchev–Trinajstić information content (AvgIpc) is 2.84. The van der Waals surface area contributed by atoms with Gasteiger partial charge in [0.25, 0.3) is 0 Å². The smallest absolute Gasteiger partial charge is 0.133 e. The van der Waals surface area contributed by atoms with Gasteiger partial charge in [-0.1, -0.05) is 50.6 Å². The molecule has 1 saturated heterocycles. The topological polar surface area (TPSA) is 17.1 Å². The fourth-order valence-corrected chi connectivity index (χ4v) is 4.41. The van der Waals surface area contributed by atoms with Crippen LogP contribution in [-0.4, -0.2) is 17.8 Å². The first-order chi connectivity index (χ1) is 9.40. The predicted molar refractivity (Wildman–Crippen MR) is 91.4 cm³/mol. The van der Waals surface area contributed by atoms with Crippen molar-refractivity contribution in [2.45, 2.75) is 52.7 Å². The molecule has 1 nitrogen and oxygen atoms in total. The summed E-state index contributed by atoms with van der Waals surface area (Å²) < 4.78 is 0. The Morgan fingerprint density at radius 1 is 1.10 bits per heavy atom. The van der Waals surface area contributed by atoms with Crippen LogP contribution in [0.4, 0.5) is 0 Å². The molecule has 0 N–H and O–H groups in total. The Morgan fingerprint density at radius 3 is 2.05 bits per heavy atom. The van der Waals surface area contributed by atoms with Crippen LogP contribution in [0.3, 0.4) is 0 Å². The summed E-state index contributed by atoms with van der Waals surface area (Å²) in [6, 6.07) is 9.05. The highest BCUT2D eigenvalue weighted by Gasteiger charge is 2.23. The normalized spacial score (nSPS) is 15.6. The number of benzene rings is 1. The highest BCUT2D eigenvalue weighted by Crippen LogP contribution is 2.18. The van der Waals surface area contributed by atoms with Gasteiger partial charge in [0.15, 0.2) is 0 Å². The van der Waals surface area contributed by atoms with Crippen molar-refractivity contribution in [3.05, 3.63) is 35.4 Å². The molecule has 1 aliphatic rings. The highest BCUT2D eigenvalue weighted by atomic mass is 32.2. The van der Waals surface area contributed by atoms with E-state index in [4.69, 9.17) is 0 Å². The molecule has 1 aromatic carbocycles. The van der Waals surface area contributed by atoms with Crippen molar-refractivity contribution in [2.24, 2.45) is 5.41 Å². The second kappa shape index (κ2) is 8.51. The van der Waals surface area contributed by atoms with Crippen LogP contribution in [0.15, 0.2) is 24.3 Å². The summed E-state index contributed by atoms with van der Waals surface area (Å²) >= 11 is 0. The fraction of sp³-hybridized carbons (Fsp3) is 0.611. The summed E-state index contributed by atoms with van der Waals surface area (Å²) in [5.41, 5.74) is 3.09. The van der Waals surface area contributed by atoms with Crippen molar-refractivity contribution in [3.63, 3.8) is 0 Å². The second-order valence-electron chi connectivity index (χ2n) is 6.79. The summed E-state index contributed by atoms with van der Waals surface area (Å²) in [7, 11) is 0.715. The lowest BCUT2D eigenvalue weighted by Gasteiger charge is -2.11. The van der Waals surface area contributed by atoms with Crippen molar-refractivity contribution in [1.29, 1.82) is 0 Å². The zero-order chi connectivity index (χ0) is 15.0. The first kappa shape index (κ1) is 17.3. The Balaban J connectivity index is 0.000000246. The molecule has 0 atom stereocenters. The summed E-state index contributed by atoms with van der Waals surface area (Å²) in [4.78, 5) is 9.82. The van der Waals surface area contributed by atoms with Crippen LogP contribution in [0.5, 0.6) is 0 Å². The van der Waals surface area contributed by atoms with Crippen LogP contribution < -0.4 is 0 Å². The zero-order valence-corrected chi connectivity index (χ0v) is 14.3. The van der Waals surface area contributed by atoms with Crippen LogP contribution in [0, 0.1) is 12.3 Å². The molecule has 0 unspecified atom stereocenters. The summed E-state index contributed by atoms with van der Waals surface area (Å²) in [6.45, 7) is 8.28. The molecule has 2 heteroatoms. The van der Waals surface area contributed by atoms with Gasteiger partial charge < -0.3 is 4.79 Å². The van der Waals surface area contributed by atoms with Crippen LogP contribution >= 0.6 is 0 Å². The Labute approximate surface area is 127 Å². The minimum atomic E-state index is 0.182. The summed E-state index contributed by atoms with van der Waals surface area (Å²) in [6.07, 6.45) is 4.55. The molecule has 0 spiro atoms. The first-order valence-corrected chi connectivity index (χ1v) is 9.27. The Morgan fingerprint density at radius 2 is 1.65 bits per heavy atom. The standard InChI is InChI=1S/C12H17S.C6H12O/c1-11-4-6-12(7-5-11)10-13-8-2-3-9-13;1-6(2,3)4-5-7/h4-7H,2-3,8-10H2,1H3;5H,4H2,1-3H3/q+1;. The molecule has 1 heterocycles. The van der Waals surface area contributed by atoms with Gasteiger partial charge in [0, 0.05) is 12.0 Å². The highest BCUT2D eigenvalue weighted by molar-refractivity contribution is 7.96. The van der Waals surface area contributed by atoms with E-state index in [-0.39, 0.29) is 5.41 Å². The quantitative estimate of drug-likeness (QED) is 0.591.